The molecule has 1 amide bonds. The number of hydrogen-bond donors (Lipinski definition) is 1. The number of nitrogens with zero attached hydrogens (tertiary/aromatic N) is 1. The van der Waals surface area contributed by atoms with Gasteiger partial charge in [0.1, 0.15) is 0 Å². The number of esters is 1. The Labute approximate surface area is 157 Å². The molecule has 1 N–H and O–H groups in total. The summed E-state index contributed by atoms with van der Waals surface area (Å²) in [7, 11) is 0. The Balaban J connectivity index is 1.88. The zero-order chi connectivity index (χ0) is 17.7. The van der Waals surface area contributed by atoms with E-state index in [9.17, 15) is 9.59 Å². The second kappa shape index (κ2) is 8.53. The molecule has 0 fully saturated rings. The predicted octanol–water partition coefficient (Wildman–Crippen LogP) is 4.42. The molecule has 0 aliphatic heterocycles. The van der Waals surface area contributed by atoms with Crippen molar-refractivity contribution in [3.8, 4) is 0 Å². The second-order valence-corrected chi connectivity index (χ2v) is 6.23. The zero-order valence-corrected chi connectivity index (χ0v) is 15.0. The third-order valence-electron chi connectivity index (χ3n) is 2.81. The van der Waals surface area contributed by atoms with Crippen LogP contribution in [0.4, 0.5) is 5.82 Å². The largest absolute Gasteiger partial charge is 0.455 e. The van der Waals surface area contributed by atoms with Crippen LogP contribution in [0, 0.1) is 0 Å². The van der Waals surface area contributed by atoms with Crippen LogP contribution >= 0.6 is 46.4 Å². The van der Waals surface area contributed by atoms with Crippen LogP contribution in [0.5, 0.6) is 0 Å². The molecule has 1 aromatic heterocycles. The molecule has 0 atom stereocenters. The van der Waals surface area contributed by atoms with Gasteiger partial charge < -0.3 is 10.1 Å². The first-order valence-electron chi connectivity index (χ1n) is 6.56. The van der Waals surface area contributed by atoms with Gasteiger partial charge in [-0.3, -0.25) is 9.59 Å². The van der Waals surface area contributed by atoms with Crippen LogP contribution in [-0.4, -0.2) is 23.5 Å². The van der Waals surface area contributed by atoms with Gasteiger partial charge in [-0.05, 0) is 18.2 Å². The van der Waals surface area contributed by atoms with Crippen molar-refractivity contribution >= 4 is 64.1 Å². The van der Waals surface area contributed by atoms with Crippen molar-refractivity contribution in [3.05, 3.63) is 56.1 Å². The molecule has 1 aromatic carbocycles. The average molecular weight is 408 g/mol. The molecular weight excluding hydrogens is 398 g/mol. The molecule has 2 aromatic rings. The van der Waals surface area contributed by atoms with E-state index in [1.54, 1.807) is 18.2 Å². The lowest BCUT2D eigenvalue weighted by molar-refractivity contribution is -0.146. The molecule has 0 aliphatic rings. The van der Waals surface area contributed by atoms with Crippen LogP contribution in [0.15, 0.2) is 30.5 Å². The first-order valence-corrected chi connectivity index (χ1v) is 8.07. The monoisotopic (exact) mass is 406 g/mol. The Hall–Kier alpha value is -1.53. The predicted molar refractivity (Wildman–Crippen MR) is 94.0 cm³/mol. The third-order valence-corrected chi connectivity index (χ3v) is 4.02. The highest BCUT2D eigenvalue weighted by Crippen LogP contribution is 2.25. The van der Waals surface area contributed by atoms with Gasteiger partial charge in [0.25, 0.3) is 5.91 Å². The number of ether oxygens (including phenoxy) is 1. The van der Waals surface area contributed by atoms with E-state index in [1.165, 1.54) is 12.3 Å². The lowest BCUT2D eigenvalue weighted by Crippen LogP contribution is -2.22. The fourth-order valence-electron chi connectivity index (χ4n) is 1.72. The Morgan fingerprint density at radius 2 is 1.75 bits per heavy atom. The maximum absolute atomic E-state index is 11.8. The number of hydrogen-bond acceptors (Lipinski definition) is 4. The molecule has 0 saturated heterocycles. The standard InChI is InChI=1S/C15H10Cl4N2O3/c16-8-4-12(19)15(20-6-8)21-13(22)7-24-14(23)5-9-10(17)2-1-3-11(9)18/h1-4,6H,5,7H2,(H,20,21,22). The molecular formula is C15H10Cl4N2O3. The minimum Gasteiger partial charge on any atom is -0.455 e. The van der Waals surface area contributed by atoms with Crippen molar-refractivity contribution in [2.45, 2.75) is 6.42 Å². The molecule has 0 radical (unpaired) electrons. The lowest BCUT2D eigenvalue weighted by atomic mass is 10.1. The van der Waals surface area contributed by atoms with Gasteiger partial charge in [-0.15, -0.1) is 0 Å². The Morgan fingerprint density at radius 3 is 2.38 bits per heavy atom. The van der Waals surface area contributed by atoms with Crippen LogP contribution in [0.25, 0.3) is 0 Å². The molecule has 126 valence electrons. The summed E-state index contributed by atoms with van der Waals surface area (Å²) in [5.41, 5.74) is 0.439. The number of anilines is 1. The number of halogens is 4. The van der Waals surface area contributed by atoms with E-state index in [-0.39, 0.29) is 17.3 Å². The van der Waals surface area contributed by atoms with Crippen LogP contribution in [-0.2, 0) is 20.7 Å². The number of pyridine rings is 1. The molecule has 24 heavy (non-hydrogen) atoms. The smallest absolute Gasteiger partial charge is 0.310 e. The van der Waals surface area contributed by atoms with E-state index in [0.717, 1.165) is 0 Å². The Morgan fingerprint density at radius 1 is 1.08 bits per heavy atom. The van der Waals surface area contributed by atoms with E-state index in [1.807, 2.05) is 0 Å². The normalized spacial score (nSPS) is 10.3. The summed E-state index contributed by atoms with van der Waals surface area (Å²) < 4.78 is 4.89. The topological polar surface area (TPSA) is 68.3 Å². The van der Waals surface area contributed by atoms with Gasteiger partial charge in [0.15, 0.2) is 12.4 Å². The number of rotatable bonds is 5. The summed E-state index contributed by atoms with van der Waals surface area (Å²) in [6.45, 7) is -0.498. The highest BCUT2D eigenvalue weighted by atomic mass is 35.5. The highest BCUT2D eigenvalue weighted by molar-refractivity contribution is 6.36. The lowest BCUT2D eigenvalue weighted by Gasteiger charge is -2.09. The van der Waals surface area contributed by atoms with Gasteiger partial charge in [0, 0.05) is 21.8 Å². The van der Waals surface area contributed by atoms with Crippen molar-refractivity contribution in [1.82, 2.24) is 4.98 Å². The zero-order valence-electron chi connectivity index (χ0n) is 12.0. The van der Waals surface area contributed by atoms with Gasteiger partial charge in [0.05, 0.1) is 16.5 Å². The van der Waals surface area contributed by atoms with Crippen LogP contribution in [0.3, 0.4) is 0 Å². The molecule has 0 saturated carbocycles. The maximum atomic E-state index is 11.8. The second-order valence-electron chi connectivity index (χ2n) is 4.57. The van der Waals surface area contributed by atoms with Crippen LogP contribution in [0.1, 0.15) is 5.56 Å². The van der Waals surface area contributed by atoms with Gasteiger partial charge >= 0.3 is 5.97 Å². The van der Waals surface area contributed by atoms with Gasteiger partial charge in [-0.25, -0.2) is 4.98 Å². The maximum Gasteiger partial charge on any atom is 0.310 e. The van der Waals surface area contributed by atoms with Gasteiger partial charge in [0.2, 0.25) is 0 Å². The number of aromatic nitrogens is 1. The van der Waals surface area contributed by atoms with Crippen LogP contribution < -0.4 is 5.32 Å². The molecule has 2 rings (SSSR count). The fraction of sp³-hybridized carbons (Fsp3) is 0.133. The van der Waals surface area contributed by atoms with Gasteiger partial charge in [-0.2, -0.15) is 0 Å². The average Bonchev–Trinajstić information content (AvgIpc) is 2.52. The minimum atomic E-state index is -0.643. The summed E-state index contributed by atoms with van der Waals surface area (Å²) >= 11 is 23.5. The molecule has 0 unspecified atom stereocenters. The summed E-state index contributed by atoms with van der Waals surface area (Å²) in [5, 5.41) is 3.61. The number of benzene rings is 1. The quantitative estimate of drug-likeness (QED) is 0.744. The third kappa shape index (κ3) is 5.24. The summed E-state index contributed by atoms with van der Waals surface area (Å²) in [4.78, 5) is 27.4. The van der Waals surface area contributed by atoms with Crippen molar-refractivity contribution in [2.24, 2.45) is 0 Å². The molecule has 9 heteroatoms. The van der Waals surface area contributed by atoms with E-state index in [4.69, 9.17) is 51.1 Å². The number of nitrogens with one attached hydrogen (secondary N) is 1. The first kappa shape index (κ1) is 18.8. The number of carbonyl (C=O) groups is 2. The van der Waals surface area contributed by atoms with Gasteiger partial charge in [-0.1, -0.05) is 52.5 Å². The summed E-state index contributed by atoms with van der Waals surface area (Å²) in [6, 6.07) is 6.31. The van der Waals surface area contributed by atoms with Crippen molar-refractivity contribution in [1.29, 1.82) is 0 Å². The van der Waals surface area contributed by atoms with Crippen molar-refractivity contribution in [2.75, 3.05) is 11.9 Å². The SMILES string of the molecule is O=C(COC(=O)Cc1c(Cl)cccc1Cl)Nc1ncc(Cl)cc1Cl. The van der Waals surface area contributed by atoms with Crippen molar-refractivity contribution < 1.29 is 14.3 Å². The number of carbonyl (C=O) groups excluding carboxylic acids is 2. The summed E-state index contributed by atoms with van der Waals surface area (Å²) in [6.07, 6.45) is 1.18. The van der Waals surface area contributed by atoms with E-state index >= 15 is 0 Å². The molecule has 0 bridgehead atoms. The highest BCUT2D eigenvalue weighted by Gasteiger charge is 2.14. The van der Waals surface area contributed by atoms with E-state index in [2.05, 4.69) is 10.3 Å². The Kier molecular flexibility index (Phi) is 6.69. The number of amides is 1. The van der Waals surface area contributed by atoms with E-state index in [0.29, 0.717) is 20.6 Å². The Bertz CT molecular complexity index is 763. The molecule has 1 heterocycles. The molecule has 0 spiro atoms. The van der Waals surface area contributed by atoms with Crippen molar-refractivity contribution in [3.63, 3.8) is 0 Å². The van der Waals surface area contributed by atoms with Crippen LogP contribution in [0.2, 0.25) is 20.1 Å². The first-order chi connectivity index (χ1) is 11.4. The fourth-order valence-corrected chi connectivity index (χ4v) is 2.68. The summed E-state index contributed by atoms with van der Waals surface area (Å²) in [5.74, 6) is -1.11. The molecule has 0 aliphatic carbocycles. The molecule has 5 nitrogen and oxygen atoms in total. The minimum absolute atomic E-state index is 0.122. The van der Waals surface area contributed by atoms with E-state index < -0.39 is 18.5 Å².